The monoisotopic (exact) mass is 433 g/mol. The number of nitrogens with zero attached hydrogens (tertiary/aromatic N) is 2. The number of hydrogen-bond acceptors (Lipinski definition) is 4. The highest BCUT2D eigenvalue weighted by Gasteiger charge is 2.25. The number of benzene rings is 1. The fourth-order valence-electron chi connectivity index (χ4n) is 3.03. The van der Waals surface area contributed by atoms with Crippen molar-refractivity contribution in [2.24, 2.45) is 7.05 Å². The van der Waals surface area contributed by atoms with Crippen LogP contribution in [0.15, 0.2) is 39.7 Å². The first kappa shape index (κ1) is 19.5. The molecule has 0 bridgehead atoms. The first-order valence-electron chi connectivity index (χ1n) is 8.85. The van der Waals surface area contributed by atoms with Crippen LogP contribution in [-0.4, -0.2) is 27.7 Å². The molecule has 1 amide bonds. The van der Waals surface area contributed by atoms with Crippen molar-refractivity contribution in [3.63, 3.8) is 0 Å². The molecule has 1 N–H and O–H groups in total. The molecule has 1 aliphatic heterocycles. The number of fused-ring (bicyclic) bond motifs is 1. The van der Waals surface area contributed by atoms with Crippen molar-refractivity contribution < 1.29 is 9.53 Å². The number of rotatable bonds is 2. The number of pyridine rings is 1. The Balaban J connectivity index is 1.76. The number of carbonyl (C=O) groups is 1. The second kappa shape index (κ2) is 7.38. The second-order valence-electron chi connectivity index (χ2n) is 7.75. The molecule has 0 spiro atoms. The third kappa shape index (κ3) is 4.71. The molecule has 0 aliphatic carbocycles. The molecule has 6 nitrogen and oxygen atoms in total. The van der Waals surface area contributed by atoms with E-state index in [0.29, 0.717) is 18.8 Å². The number of aromatic nitrogens is 1. The molecule has 144 valence electrons. The van der Waals surface area contributed by atoms with Crippen molar-refractivity contribution in [2.45, 2.75) is 39.3 Å². The molecule has 7 heteroatoms. The van der Waals surface area contributed by atoms with Gasteiger partial charge in [0.2, 0.25) is 0 Å². The summed E-state index contributed by atoms with van der Waals surface area (Å²) in [5.41, 5.74) is 3.05. The maximum Gasteiger partial charge on any atom is 0.410 e. The summed E-state index contributed by atoms with van der Waals surface area (Å²) in [7, 11) is 1.72. The number of aryl methyl sites for hydroxylation is 1. The molecule has 0 saturated carbocycles. The van der Waals surface area contributed by atoms with Crippen LogP contribution < -0.4 is 10.9 Å². The molecular weight excluding hydrogens is 410 g/mol. The Kier molecular flexibility index (Phi) is 5.33. The van der Waals surface area contributed by atoms with Crippen LogP contribution >= 0.6 is 15.9 Å². The van der Waals surface area contributed by atoms with Crippen LogP contribution in [0.2, 0.25) is 0 Å². The Bertz CT molecular complexity index is 931. The predicted octanol–water partition coefficient (Wildman–Crippen LogP) is 4.18. The van der Waals surface area contributed by atoms with Crippen molar-refractivity contribution in [1.82, 2.24) is 9.47 Å². The van der Waals surface area contributed by atoms with E-state index in [-0.39, 0.29) is 11.7 Å². The highest BCUT2D eigenvalue weighted by atomic mass is 79.9. The minimum absolute atomic E-state index is 0.0907. The number of ether oxygens (including phenoxy) is 1. The fraction of sp³-hybridized carbons (Fsp3) is 0.400. The van der Waals surface area contributed by atoms with Crippen LogP contribution in [-0.2, 0) is 24.8 Å². The average molecular weight is 434 g/mol. The zero-order valence-corrected chi connectivity index (χ0v) is 17.6. The lowest BCUT2D eigenvalue weighted by Crippen LogP contribution is -2.39. The largest absolute Gasteiger partial charge is 0.444 e. The zero-order chi connectivity index (χ0) is 19.8. The van der Waals surface area contributed by atoms with Gasteiger partial charge in [-0.25, -0.2) is 4.79 Å². The molecule has 1 aromatic heterocycles. The van der Waals surface area contributed by atoms with Crippen LogP contribution in [0, 0.1) is 0 Å². The SMILES string of the molecule is Cn1cc(Br)cc(Nc2ccc3c(c2)CCN(C(=O)OC(C)(C)C)C3)c1=O. The summed E-state index contributed by atoms with van der Waals surface area (Å²) in [5, 5.41) is 3.20. The summed E-state index contributed by atoms with van der Waals surface area (Å²) in [6.07, 6.45) is 2.19. The highest BCUT2D eigenvalue weighted by molar-refractivity contribution is 9.10. The Hall–Kier alpha value is -2.28. The first-order chi connectivity index (χ1) is 12.6. The van der Waals surface area contributed by atoms with Gasteiger partial charge in [0.15, 0.2) is 0 Å². The summed E-state index contributed by atoms with van der Waals surface area (Å²) in [5.74, 6) is 0. The molecule has 0 saturated heterocycles. The summed E-state index contributed by atoms with van der Waals surface area (Å²) in [4.78, 5) is 26.3. The van der Waals surface area contributed by atoms with E-state index in [1.807, 2.05) is 39.0 Å². The minimum Gasteiger partial charge on any atom is -0.444 e. The van der Waals surface area contributed by atoms with Crippen molar-refractivity contribution >= 4 is 33.4 Å². The van der Waals surface area contributed by atoms with Gasteiger partial charge in [-0.05, 0) is 72.4 Å². The van der Waals surface area contributed by atoms with E-state index >= 15 is 0 Å². The first-order valence-corrected chi connectivity index (χ1v) is 9.64. The van der Waals surface area contributed by atoms with Gasteiger partial charge in [-0.2, -0.15) is 0 Å². The van der Waals surface area contributed by atoms with Gasteiger partial charge in [0.25, 0.3) is 5.56 Å². The molecule has 3 rings (SSSR count). The second-order valence-corrected chi connectivity index (χ2v) is 8.66. The number of anilines is 2. The van der Waals surface area contributed by atoms with Gasteiger partial charge in [0.1, 0.15) is 11.3 Å². The van der Waals surface area contributed by atoms with Crippen LogP contribution in [0.4, 0.5) is 16.2 Å². The van der Waals surface area contributed by atoms with Gasteiger partial charge in [0.05, 0.1) is 0 Å². The van der Waals surface area contributed by atoms with E-state index in [4.69, 9.17) is 4.74 Å². The molecule has 0 fully saturated rings. The summed E-state index contributed by atoms with van der Waals surface area (Å²) in [6.45, 7) is 6.75. The summed E-state index contributed by atoms with van der Waals surface area (Å²) in [6, 6.07) is 7.74. The molecule has 0 radical (unpaired) electrons. The van der Waals surface area contributed by atoms with E-state index in [0.717, 1.165) is 22.1 Å². The fourth-order valence-corrected chi connectivity index (χ4v) is 3.56. The van der Waals surface area contributed by atoms with Gasteiger partial charge < -0.3 is 19.5 Å². The van der Waals surface area contributed by atoms with E-state index in [9.17, 15) is 9.59 Å². The summed E-state index contributed by atoms with van der Waals surface area (Å²) >= 11 is 3.41. The molecule has 1 aliphatic rings. The van der Waals surface area contributed by atoms with Crippen molar-refractivity contribution in [2.75, 3.05) is 11.9 Å². The van der Waals surface area contributed by atoms with Crippen LogP contribution in [0.1, 0.15) is 31.9 Å². The predicted molar refractivity (Wildman–Crippen MR) is 109 cm³/mol. The number of halogens is 1. The molecule has 0 unspecified atom stereocenters. The lowest BCUT2D eigenvalue weighted by atomic mass is 9.99. The Labute approximate surface area is 167 Å². The van der Waals surface area contributed by atoms with E-state index in [1.165, 1.54) is 10.1 Å². The molecule has 1 aromatic carbocycles. The average Bonchev–Trinajstić information content (AvgIpc) is 2.57. The highest BCUT2D eigenvalue weighted by Crippen LogP contribution is 2.25. The number of amides is 1. The molecule has 2 heterocycles. The van der Waals surface area contributed by atoms with Crippen LogP contribution in [0.5, 0.6) is 0 Å². The van der Waals surface area contributed by atoms with Crippen molar-refractivity contribution in [3.05, 3.63) is 56.4 Å². The molecule has 27 heavy (non-hydrogen) atoms. The smallest absolute Gasteiger partial charge is 0.410 e. The van der Waals surface area contributed by atoms with E-state index < -0.39 is 5.60 Å². The quantitative estimate of drug-likeness (QED) is 0.770. The molecule has 2 aromatic rings. The Morgan fingerprint density at radius 3 is 2.67 bits per heavy atom. The molecular formula is C20H24BrN3O3. The van der Waals surface area contributed by atoms with Gasteiger partial charge in [-0.3, -0.25) is 4.79 Å². The van der Waals surface area contributed by atoms with Crippen molar-refractivity contribution in [3.8, 4) is 0 Å². The van der Waals surface area contributed by atoms with Gasteiger partial charge in [0, 0.05) is 36.5 Å². The maximum absolute atomic E-state index is 12.3. The van der Waals surface area contributed by atoms with Gasteiger partial charge >= 0.3 is 6.09 Å². The maximum atomic E-state index is 12.3. The number of nitrogens with one attached hydrogen (secondary N) is 1. The van der Waals surface area contributed by atoms with Gasteiger partial charge in [-0.1, -0.05) is 6.07 Å². The summed E-state index contributed by atoms with van der Waals surface area (Å²) < 4.78 is 7.83. The normalized spacial score (nSPS) is 13.9. The van der Waals surface area contributed by atoms with E-state index in [2.05, 4.69) is 21.2 Å². The number of carbonyl (C=O) groups excluding carboxylic acids is 1. The third-order valence-corrected chi connectivity index (χ3v) is 4.73. The van der Waals surface area contributed by atoms with Crippen molar-refractivity contribution in [1.29, 1.82) is 0 Å². The van der Waals surface area contributed by atoms with Crippen LogP contribution in [0.3, 0.4) is 0 Å². The minimum atomic E-state index is -0.499. The standard InChI is InChI=1S/C20H24BrN3O3/c1-20(2,3)27-19(26)24-8-7-13-9-16(6-5-14(13)11-24)22-17-10-15(21)12-23(4)18(17)25/h5-6,9-10,12,22H,7-8,11H2,1-4H3. The van der Waals surface area contributed by atoms with E-state index in [1.54, 1.807) is 24.2 Å². The van der Waals surface area contributed by atoms with Crippen LogP contribution in [0.25, 0.3) is 0 Å². The zero-order valence-electron chi connectivity index (χ0n) is 16.0. The lowest BCUT2D eigenvalue weighted by Gasteiger charge is -2.31. The number of hydrogen-bond donors (Lipinski definition) is 1. The molecule has 0 atom stereocenters. The Morgan fingerprint density at radius 1 is 1.22 bits per heavy atom. The Morgan fingerprint density at radius 2 is 1.96 bits per heavy atom. The third-order valence-electron chi connectivity index (χ3n) is 4.30. The topological polar surface area (TPSA) is 63.6 Å². The lowest BCUT2D eigenvalue weighted by molar-refractivity contribution is 0.0224. The van der Waals surface area contributed by atoms with Gasteiger partial charge in [-0.15, -0.1) is 0 Å².